The van der Waals surface area contributed by atoms with Crippen molar-refractivity contribution < 1.29 is 37.3 Å². The summed E-state index contributed by atoms with van der Waals surface area (Å²) in [6.07, 6.45) is -3.08. The lowest BCUT2D eigenvalue weighted by atomic mass is 9.96. The Labute approximate surface area is 185 Å². The van der Waals surface area contributed by atoms with Gasteiger partial charge in [-0.25, -0.2) is 14.6 Å². The number of hydrogen-bond donors (Lipinski definition) is 4. The molecule has 1 aliphatic carbocycles. The molecule has 1 aromatic carbocycles. The maximum Gasteiger partial charge on any atom is 0.490 e. The summed E-state index contributed by atoms with van der Waals surface area (Å²) < 4.78 is 42.5. The summed E-state index contributed by atoms with van der Waals surface area (Å²) in [6.45, 7) is -0.533. The standard InChI is InChI=1S/C21H28F3N2O5P/c22-21(23,24)20(28)31-17(14-32(29,30)13-16-9-5-2-6-10-16)12-26-19(27)18(25)11-15-7-3-1-4-8-15/h1,3-4,7-8,13,17-18,29-30H,2,5-6,9-12,14,25H2/p+1/t17-,18+/m1/s1. The van der Waals surface area contributed by atoms with Gasteiger partial charge in [0.25, 0.3) is 7.72 Å². The molecular weight excluding hydrogens is 448 g/mol. The number of carbonyl (C=O) groups is 2. The summed E-state index contributed by atoms with van der Waals surface area (Å²) in [7, 11) is -3.80. The van der Waals surface area contributed by atoms with E-state index in [1.807, 2.05) is 0 Å². The number of benzene rings is 1. The summed E-state index contributed by atoms with van der Waals surface area (Å²) in [5.41, 5.74) is 7.48. The zero-order chi connectivity index (χ0) is 23.8. The van der Waals surface area contributed by atoms with Crippen LogP contribution in [0.3, 0.4) is 0 Å². The Bertz CT molecular complexity index is 794. The van der Waals surface area contributed by atoms with Gasteiger partial charge < -0.3 is 15.8 Å². The summed E-state index contributed by atoms with van der Waals surface area (Å²) in [4.78, 5) is 44.4. The number of hydrogen-bond acceptors (Lipinski definition) is 6. The zero-order valence-electron chi connectivity index (χ0n) is 17.6. The fourth-order valence-electron chi connectivity index (χ4n) is 3.45. The second kappa shape index (κ2) is 11.7. The first-order valence-electron chi connectivity index (χ1n) is 10.3. The van der Waals surface area contributed by atoms with Gasteiger partial charge in [0.1, 0.15) is 5.82 Å². The minimum absolute atomic E-state index is 0.197. The van der Waals surface area contributed by atoms with Gasteiger partial charge in [0.2, 0.25) is 5.91 Å². The van der Waals surface area contributed by atoms with Crippen LogP contribution in [0.4, 0.5) is 13.2 Å². The molecule has 0 saturated heterocycles. The smallest absolute Gasteiger partial charge is 0.450 e. The number of ether oxygens (including phenoxy) is 1. The molecule has 178 valence electrons. The van der Waals surface area contributed by atoms with E-state index in [2.05, 4.69) is 10.1 Å². The van der Waals surface area contributed by atoms with Crippen molar-refractivity contribution in [1.82, 2.24) is 5.32 Å². The highest BCUT2D eigenvalue weighted by Crippen LogP contribution is 2.54. The fourth-order valence-corrected chi connectivity index (χ4v) is 5.20. The lowest BCUT2D eigenvalue weighted by Gasteiger charge is -2.22. The fraction of sp³-hybridized carbons (Fsp3) is 0.524. The van der Waals surface area contributed by atoms with Gasteiger partial charge in [-0.1, -0.05) is 36.8 Å². The Morgan fingerprint density at radius 3 is 2.38 bits per heavy atom. The van der Waals surface area contributed by atoms with Crippen molar-refractivity contribution >= 4 is 19.6 Å². The third-order valence-corrected chi connectivity index (χ3v) is 6.73. The SMILES string of the molecule is N[C@@H](Cc1ccccc1)C(=O)NC[C@H](C[P+](O)(O)C=C1CCCCC1)OC(=O)C(F)(F)F. The Morgan fingerprint density at radius 1 is 1.16 bits per heavy atom. The normalized spacial score (nSPS) is 16.8. The van der Waals surface area contributed by atoms with Crippen molar-refractivity contribution in [3.63, 3.8) is 0 Å². The van der Waals surface area contributed by atoms with Crippen molar-refractivity contribution in [3.05, 3.63) is 47.3 Å². The van der Waals surface area contributed by atoms with Crippen LogP contribution in [0.5, 0.6) is 0 Å². The molecule has 1 amide bonds. The van der Waals surface area contributed by atoms with E-state index < -0.39 is 50.6 Å². The third kappa shape index (κ3) is 9.24. The predicted octanol–water partition coefficient (Wildman–Crippen LogP) is 2.83. The molecule has 0 aromatic heterocycles. The summed E-state index contributed by atoms with van der Waals surface area (Å²) >= 11 is 0. The average molecular weight is 477 g/mol. The van der Waals surface area contributed by atoms with Gasteiger partial charge in [-0.2, -0.15) is 13.2 Å². The molecule has 5 N–H and O–H groups in total. The second-order valence-corrected chi connectivity index (χ2v) is 10.1. The van der Waals surface area contributed by atoms with Crippen molar-refractivity contribution in [1.29, 1.82) is 0 Å². The van der Waals surface area contributed by atoms with Gasteiger partial charge in [0.05, 0.1) is 12.6 Å². The molecule has 0 unspecified atom stereocenters. The number of rotatable bonds is 9. The van der Waals surface area contributed by atoms with E-state index in [-0.39, 0.29) is 6.42 Å². The van der Waals surface area contributed by atoms with Gasteiger partial charge >= 0.3 is 12.1 Å². The largest absolute Gasteiger partial charge is 0.490 e. The highest BCUT2D eigenvalue weighted by Gasteiger charge is 2.45. The first-order chi connectivity index (χ1) is 15.0. The van der Waals surface area contributed by atoms with Crippen LogP contribution in [0.1, 0.15) is 37.7 Å². The molecule has 1 fully saturated rings. The average Bonchev–Trinajstić information content (AvgIpc) is 2.71. The van der Waals surface area contributed by atoms with Crippen molar-refractivity contribution in [3.8, 4) is 0 Å². The molecule has 7 nitrogen and oxygen atoms in total. The van der Waals surface area contributed by atoms with Crippen LogP contribution >= 0.6 is 7.72 Å². The lowest BCUT2D eigenvalue weighted by molar-refractivity contribution is -0.203. The van der Waals surface area contributed by atoms with E-state index in [0.29, 0.717) is 12.8 Å². The topological polar surface area (TPSA) is 122 Å². The molecule has 2 atom stereocenters. The van der Waals surface area contributed by atoms with Crippen LogP contribution in [0.15, 0.2) is 41.7 Å². The van der Waals surface area contributed by atoms with Crippen LogP contribution in [-0.4, -0.2) is 52.7 Å². The number of nitrogens with one attached hydrogen (secondary N) is 1. The van der Waals surface area contributed by atoms with Gasteiger partial charge in [-0.05, 0) is 43.2 Å². The van der Waals surface area contributed by atoms with E-state index in [1.54, 1.807) is 30.3 Å². The van der Waals surface area contributed by atoms with E-state index in [0.717, 1.165) is 30.4 Å². The molecule has 1 aromatic rings. The highest BCUT2D eigenvalue weighted by molar-refractivity contribution is 7.67. The van der Waals surface area contributed by atoms with Crippen LogP contribution < -0.4 is 11.1 Å². The molecule has 11 heteroatoms. The number of halogens is 3. The maximum atomic E-state index is 12.7. The number of esters is 1. The molecule has 0 radical (unpaired) electrons. The molecule has 0 spiro atoms. The van der Waals surface area contributed by atoms with E-state index in [4.69, 9.17) is 5.73 Å². The first-order valence-corrected chi connectivity index (χ1v) is 12.3. The molecule has 2 rings (SSSR count). The van der Waals surface area contributed by atoms with E-state index in [9.17, 15) is 32.5 Å². The Kier molecular flexibility index (Phi) is 9.64. The molecule has 0 bridgehead atoms. The summed E-state index contributed by atoms with van der Waals surface area (Å²) in [5.74, 6) is -1.83. The van der Waals surface area contributed by atoms with Crippen molar-refractivity contribution in [2.24, 2.45) is 5.73 Å². The van der Waals surface area contributed by atoms with Crippen molar-refractivity contribution in [2.45, 2.75) is 56.8 Å². The van der Waals surface area contributed by atoms with Crippen LogP contribution in [-0.2, 0) is 20.7 Å². The number of amides is 1. The van der Waals surface area contributed by atoms with Crippen molar-refractivity contribution in [2.75, 3.05) is 12.7 Å². The molecular formula is C21H29F3N2O5P+. The molecule has 1 aliphatic rings. The molecule has 0 heterocycles. The van der Waals surface area contributed by atoms with Crippen LogP contribution in [0.2, 0.25) is 0 Å². The Morgan fingerprint density at radius 2 is 1.78 bits per heavy atom. The van der Waals surface area contributed by atoms with E-state index in [1.165, 1.54) is 5.82 Å². The zero-order valence-corrected chi connectivity index (χ0v) is 18.4. The highest BCUT2D eigenvalue weighted by atomic mass is 31.2. The lowest BCUT2D eigenvalue weighted by Crippen LogP contribution is -2.46. The minimum atomic E-state index is -5.25. The van der Waals surface area contributed by atoms with Crippen LogP contribution in [0, 0.1) is 0 Å². The summed E-state index contributed by atoms with van der Waals surface area (Å²) in [6, 6.07) is 7.92. The molecule has 0 aliphatic heterocycles. The van der Waals surface area contributed by atoms with Gasteiger partial charge in [-0.15, -0.1) is 0 Å². The number of allylic oxidation sites excluding steroid dienone is 1. The first kappa shape index (κ1) is 26.3. The van der Waals surface area contributed by atoms with Crippen LogP contribution in [0.25, 0.3) is 0 Å². The maximum absolute atomic E-state index is 12.7. The Hall–Kier alpha value is -2.00. The number of nitrogens with two attached hydrogens (primary N) is 1. The quantitative estimate of drug-likeness (QED) is 0.321. The van der Waals surface area contributed by atoms with Gasteiger partial charge in [0.15, 0.2) is 12.3 Å². The second-order valence-electron chi connectivity index (χ2n) is 7.88. The third-order valence-electron chi connectivity index (χ3n) is 5.00. The number of alkyl halides is 3. The molecule has 32 heavy (non-hydrogen) atoms. The summed E-state index contributed by atoms with van der Waals surface area (Å²) in [5, 5.41) is 2.35. The van der Waals surface area contributed by atoms with Gasteiger partial charge in [0, 0.05) is 0 Å². The number of carbonyl (C=O) groups excluding carboxylic acids is 2. The predicted molar refractivity (Wildman–Crippen MR) is 114 cm³/mol. The monoisotopic (exact) mass is 477 g/mol. The van der Waals surface area contributed by atoms with E-state index >= 15 is 0 Å². The Balaban J connectivity index is 2.02. The molecule has 1 saturated carbocycles. The minimum Gasteiger partial charge on any atom is -0.450 e. The van der Waals surface area contributed by atoms with Gasteiger partial charge in [-0.3, -0.25) is 4.79 Å².